The van der Waals surface area contributed by atoms with Crippen LogP contribution in [0.15, 0.2) is 59.9 Å². The van der Waals surface area contributed by atoms with Gasteiger partial charge in [-0.25, -0.2) is 9.97 Å². The van der Waals surface area contributed by atoms with E-state index in [2.05, 4.69) is 15.3 Å². The Morgan fingerprint density at radius 3 is 2.89 bits per heavy atom. The molecule has 0 aliphatic carbocycles. The number of imidazole rings is 1. The Morgan fingerprint density at radius 1 is 1.32 bits per heavy atom. The quantitative estimate of drug-likeness (QED) is 0.777. The van der Waals surface area contributed by atoms with Crippen molar-refractivity contribution in [3.63, 3.8) is 0 Å². The number of aromatic nitrogens is 3. The minimum absolute atomic E-state index is 0.107. The Bertz CT molecular complexity index is 614. The van der Waals surface area contributed by atoms with Crippen LogP contribution >= 0.6 is 0 Å². The normalized spacial score (nSPS) is 12.3. The number of hydrogen-bond donors (Lipinski definition) is 1. The Morgan fingerprint density at radius 2 is 2.26 bits per heavy atom. The van der Waals surface area contributed by atoms with Crippen molar-refractivity contribution in [2.24, 2.45) is 0 Å². The van der Waals surface area contributed by atoms with Gasteiger partial charge in [0.15, 0.2) is 0 Å². The fraction of sp³-hybridized carbons (Fsp3) is 0.143. The van der Waals surface area contributed by atoms with E-state index < -0.39 is 0 Å². The fourth-order valence-electron chi connectivity index (χ4n) is 1.88. The van der Waals surface area contributed by atoms with Crippen LogP contribution in [0, 0.1) is 0 Å². The van der Waals surface area contributed by atoms with Gasteiger partial charge in [0, 0.05) is 12.4 Å². The molecule has 3 rings (SSSR count). The predicted octanol–water partition coefficient (Wildman–Crippen LogP) is 3.03. The molecule has 5 heteroatoms. The molecule has 3 aromatic heterocycles. The number of furan rings is 1. The zero-order valence-corrected chi connectivity index (χ0v) is 10.5. The number of nitrogens with zero attached hydrogens (tertiary/aromatic N) is 3. The monoisotopic (exact) mass is 254 g/mol. The van der Waals surface area contributed by atoms with E-state index in [9.17, 15) is 0 Å². The summed E-state index contributed by atoms with van der Waals surface area (Å²) in [4.78, 5) is 8.38. The van der Waals surface area contributed by atoms with E-state index in [0.717, 1.165) is 17.3 Å². The average molecular weight is 254 g/mol. The van der Waals surface area contributed by atoms with E-state index in [0.29, 0.717) is 0 Å². The maximum atomic E-state index is 5.35. The Balaban J connectivity index is 1.73. The zero-order valence-electron chi connectivity index (χ0n) is 10.5. The molecule has 0 bridgehead atoms. The summed E-state index contributed by atoms with van der Waals surface area (Å²) >= 11 is 0. The second-order valence-electron chi connectivity index (χ2n) is 4.26. The minimum Gasteiger partial charge on any atom is -0.467 e. The van der Waals surface area contributed by atoms with Crippen molar-refractivity contribution >= 4 is 5.69 Å². The smallest absolute Gasteiger partial charge is 0.137 e. The van der Waals surface area contributed by atoms with Crippen LogP contribution in [0.3, 0.4) is 0 Å². The first kappa shape index (κ1) is 11.5. The van der Waals surface area contributed by atoms with Gasteiger partial charge in [-0.1, -0.05) is 0 Å². The maximum Gasteiger partial charge on any atom is 0.137 e. The van der Waals surface area contributed by atoms with E-state index in [-0.39, 0.29) is 6.04 Å². The van der Waals surface area contributed by atoms with E-state index in [4.69, 9.17) is 4.42 Å². The topological polar surface area (TPSA) is 55.9 Å². The molecule has 1 atom stereocenters. The van der Waals surface area contributed by atoms with Crippen LogP contribution in [0.2, 0.25) is 0 Å². The minimum atomic E-state index is 0.107. The predicted molar refractivity (Wildman–Crippen MR) is 72.1 cm³/mol. The molecule has 96 valence electrons. The third-order valence-corrected chi connectivity index (χ3v) is 2.87. The summed E-state index contributed by atoms with van der Waals surface area (Å²) in [6.45, 7) is 2.04. The lowest BCUT2D eigenvalue weighted by molar-refractivity contribution is 0.490. The lowest BCUT2D eigenvalue weighted by Crippen LogP contribution is -2.06. The van der Waals surface area contributed by atoms with Crippen LogP contribution in [0.25, 0.3) is 5.82 Å². The summed E-state index contributed by atoms with van der Waals surface area (Å²) in [5.41, 5.74) is 0.952. The van der Waals surface area contributed by atoms with Crippen LogP contribution in [-0.4, -0.2) is 14.5 Å². The van der Waals surface area contributed by atoms with Crippen LogP contribution in [0.1, 0.15) is 18.7 Å². The van der Waals surface area contributed by atoms with Gasteiger partial charge >= 0.3 is 0 Å². The van der Waals surface area contributed by atoms with E-state index in [1.165, 1.54) is 0 Å². The third-order valence-electron chi connectivity index (χ3n) is 2.87. The van der Waals surface area contributed by atoms with Gasteiger partial charge in [-0.05, 0) is 31.2 Å². The number of hydrogen-bond acceptors (Lipinski definition) is 4. The highest BCUT2D eigenvalue weighted by atomic mass is 16.3. The number of rotatable bonds is 4. The summed E-state index contributed by atoms with van der Waals surface area (Å²) in [5, 5.41) is 3.34. The summed E-state index contributed by atoms with van der Waals surface area (Å²) < 4.78 is 7.22. The number of anilines is 1. The zero-order chi connectivity index (χ0) is 13.1. The molecule has 0 aromatic carbocycles. The van der Waals surface area contributed by atoms with Gasteiger partial charge in [0.25, 0.3) is 0 Å². The van der Waals surface area contributed by atoms with Crippen LogP contribution in [0.5, 0.6) is 0 Å². The molecule has 0 amide bonds. The summed E-state index contributed by atoms with van der Waals surface area (Å²) in [5.74, 6) is 1.74. The van der Waals surface area contributed by atoms with Gasteiger partial charge in [-0.2, -0.15) is 0 Å². The van der Waals surface area contributed by atoms with Crippen LogP contribution in [0.4, 0.5) is 5.69 Å². The lowest BCUT2D eigenvalue weighted by atomic mass is 10.2. The van der Waals surface area contributed by atoms with E-state index >= 15 is 0 Å². The lowest BCUT2D eigenvalue weighted by Gasteiger charge is -2.12. The van der Waals surface area contributed by atoms with Crippen molar-refractivity contribution in [2.75, 3.05) is 5.32 Å². The number of pyridine rings is 1. The molecular formula is C14H14N4O. The Hall–Kier alpha value is -2.56. The molecule has 0 fully saturated rings. The van der Waals surface area contributed by atoms with E-state index in [1.807, 2.05) is 42.0 Å². The van der Waals surface area contributed by atoms with Crippen molar-refractivity contribution in [1.82, 2.24) is 14.5 Å². The van der Waals surface area contributed by atoms with Gasteiger partial charge < -0.3 is 9.73 Å². The van der Waals surface area contributed by atoms with Gasteiger partial charge in [-0.15, -0.1) is 0 Å². The first-order valence-corrected chi connectivity index (χ1v) is 6.07. The maximum absolute atomic E-state index is 5.35. The van der Waals surface area contributed by atoms with Crippen LogP contribution < -0.4 is 5.32 Å². The number of nitrogens with one attached hydrogen (secondary N) is 1. The third kappa shape index (κ3) is 2.49. The highest BCUT2D eigenvalue weighted by molar-refractivity contribution is 5.45. The molecule has 5 nitrogen and oxygen atoms in total. The summed E-state index contributed by atoms with van der Waals surface area (Å²) in [6, 6.07) is 7.87. The molecule has 0 radical (unpaired) electrons. The molecule has 3 heterocycles. The summed E-state index contributed by atoms with van der Waals surface area (Å²) in [7, 11) is 0. The first-order chi connectivity index (χ1) is 9.33. The van der Waals surface area contributed by atoms with Crippen molar-refractivity contribution in [3.8, 4) is 5.82 Å². The second kappa shape index (κ2) is 4.97. The molecule has 1 N–H and O–H groups in total. The van der Waals surface area contributed by atoms with Gasteiger partial charge in [0.05, 0.1) is 24.2 Å². The molecule has 3 aromatic rings. The molecule has 0 aliphatic heterocycles. The molecular weight excluding hydrogens is 240 g/mol. The molecule has 19 heavy (non-hydrogen) atoms. The van der Waals surface area contributed by atoms with Crippen molar-refractivity contribution in [2.45, 2.75) is 13.0 Å². The van der Waals surface area contributed by atoms with Crippen molar-refractivity contribution in [1.29, 1.82) is 0 Å². The van der Waals surface area contributed by atoms with E-state index in [1.54, 1.807) is 25.0 Å². The van der Waals surface area contributed by atoms with Crippen molar-refractivity contribution in [3.05, 3.63) is 61.2 Å². The highest BCUT2D eigenvalue weighted by Crippen LogP contribution is 2.19. The fourth-order valence-corrected chi connectivity index (χ4v) is 1.88. The van der Waals surface area contributed by atoms with Gasteiger partial charge in [0.1, 0.15) is 17.9 Å². The van der Waals surface area contributed by atoms with Gasteiger partial charge in [0.2, 0.25) is 0 Å². The Labute approximate surface area is 110 Å². The Kier molecular flexibility index (Phi) is 3.02. The molecule has 0 aliphatic rings. The first-order valence-electron chi connectivity index (χ1n) is 6.07. The average Bonchev–Trinajstić information content (AvgIpc) is 3.13. The molecule has 0 saturated carbocycles. The van der Waals surface area contributed by atoms with Gasteiger partial charge in [-0.3, -0.25) is 4.57 Å². The van der Waals surface area contributed by atoms with Crippen LogP contribution in [-0.2, 0) is 0 Å². The largest absolute Gasteiger partial charge is 0.467 e. The SMILES string of the molecule is CC(Nc1ccc(-n2ccnc2)nc1)c1ccco1. The molecule has 0 saturated heterocycles. The molecule has 1 unspecified atom stereocenters. The highest BCUT2D eigenvalue weighted by Gasteiger charge is 2.08. The standard InChI is InChI=1S/C14H14N4O/c1-11(13-3-2-8-19-13)17-12-4-5-14(16-9-12)18-7-6-15-10-18/h2-11,17H,1H3. The van der Waals surface area contributed by atoms with Crippen molar-refractivity contribution < 1.29 is 4.42 Å². The summed E-state index contributed by atoms with van der Waals surface area (Å²) in [6.07, 6.45) is 8.79. The molecule has 0 spiro atoms. The second-order valence-corrected chi connectivity index (χ2v) is 4.26.